The fourth-order valence-corrected chi connectivity index (χ4v) is 1.87. The third-order valence-electron chi connectivity index (χ3n) is 2.84. The molecule has 1 aromatic carbocycles. The second-order valence-electron chi connectivity index (χ2n) is 4.29. The van der Waals surface area contributed by atoms with Crippen LogP contribution in [0.2, 0.25) is 0 Å². The Bertz CT molecular complexity index is 744. The SMILES string of the molecule is COC(=O)c1c(C)oc(NC(=O)Nc2ccccc2)c1C#N. The second-order valence-corrected chi connectivity index (χ2v) is 4.29. The molecule has 2 rings (SSSR count). The second kappa shape index (κ2) is 6.45. The summed E-state index contributed by atoms with van der Waals surface area (Å²) in [7, 11) is 1.20. The zero-order valence-corrected chi connectivity index (χ0v) is 12.0. The molecule has 1 heterocycles. The van der Waals surface area contributed by atoms with Crippen LogP contribution in [-0.4, -0.2) is 19.1 Å². The van der Waals surface area contributed by atoms with Crippen LogP contribution >= 0.6 is 0 Å². The van der Waals surface area contributed by atoms with Gasteiger partial charge in [-0.3, -0.25) is 5.32 Å². The van der Waals surface area contributed by atoms with E-state index in [0.29, 0.717) is 5.69 Å². The van der Waals surface area contributed by atoms with Gasteiger partial charge in [0.1, 0.15) is 23.0 Å². The topological polar surface area (TPSA) is 104 Å². The predicted octanol–water partition coefficient (Wildman–Crippen LogP) is 2.89. The number of ether oxygens (including phenoxy) is 1. The Morgan fingerprint density at radius 3 is 2.50 bits per heavy atom. The Labute approximate surface area is 126 Å². The molecule has 7 heteroatoms. The molecule has 0 saturated heterocycles. The molecule has 0 aliphatic rings. The third-order valence-corrected chi connectivity index (χ3v) is 2.84. The van der Waals surface area contributed by atoms with Crippen LogP contribution in [-0.2, 0) is 4.74 Å². The van der Waals surface area contributed by atoms with Gasteiger partial charge in [-0.15, -0.1) is 0 Å². The lowest BCUT2D eigenvalue weighted by molar-refractivity contribution is 0.0598. The molecule has 0 unspecified atom stereocenters. The normalized spacial score (nSPS) is 9.68. The van der Waals surface area contributed by atoms with Gasteiger partial charge in [0.05, 0.1) is 7.11 Å². The van der Waals surface area contributed by atoms with Crippen molar-refractivity contribution < 1.29 is 18.7 Å². The summed E-state index contributed by atoms with van der Waals surface area (Å²) in [5.41, 5.74) is 0.502. The molecule has 22 heavy (non-hydrogen) atoms. The van der Waals surface area contributed by atoms with Gasteiger partial charge in [0, 0.05) is 5.69 Å². The van der Waals surface area contributed by atoms with Crippen LogP contribution in [0, 0.1) is 18.3 Å². The first-order valence-corrected chi connectivity index (χ1v) is 6.31. The van der Waals surface area contributed by atoms with E-state index in [2.05, 4.69) is 15.4 Å². The summed E-state index contributed by atoms with van der Waals surface area (Å²) in [4.78, 5) is 23.5. The molecule has 0 spiro atoms. The van der Waals surface area contributed by atoms with Gasteiger partial charge >= 0.3 is 12.0 Å². The van der Waals surface area contributed by atoms with Gasteiger partial charge in [-0.2, -0.15) is 5.26 Å². The molecule has 112 valence electrons. The summed E-state index contributed by atoms with van der Waals surface area (Å²) >= 11 is 0. The molecule has 1 aromatic heterocycles. The fraction of sp³-hybridized carbons (Fsp3) is 0.133. The van der Waals surface area contributed by atoms with Gasteiger partial charge in [0.2, 0.25) is 5.88 Å². The lowest BCUT2D eigenvalue weighted by Gasteiger charge is -2.05. The summed E-state index contributed by atoms with van der Waals surface area (Å²) in [6.45, 7) is 1.51. The summed E-state index contributed by atoms with van der Waals surface area (Å²) in [5.74, 6) is -0.610. The summed E-state index contributed by atoms with van der Waals surface area (Å²) < 4.78 is 9.87. The van der Waals surface area contributed by atoms with Crippen LogP contribution < -0.4 is 10.6 Å². The average Bonchev–Trinajstić information content (AvgIpc) is 2.82. The molecular formula is C15H13N3O4. The number of nitrogens with zero attached hydrogens (tertiary/aromatic N) is 1. The van der Waals surface area contributed by atoms with Crippen LogP contribution in [0.4, 0.5) is 16.4 Å². The molecule has 2 N–H and O–H groups in total. The first-order chi connectivity index (χ1) is 10.6. The largest absolute Gasteiger partial charge is 0.465 e. The number of nitriles is 1. The number of nitrogens with one attached hydrogen (secondary N) is 2. The highest BCUT2D eigenvalue weighted by Gasteiger charge is 2.25. The number of anilines is 2. The molecule has 2 aromatic rings. The van der Waals surface area contributed by atoms with Crippen molar-refractivity contribution in [1.82, 2.24) is 0 Å². The van der Waals surface area contributed by atoms with Crippen LogP contribution in [0.25, 0.3) is 0 Å². The lowest BCUT2D eigenvalue weighted by Crippen LogP contribution is -2.19. The zero-order chi connectivity index (χ0) is 16.1. The first-order valence-electron chi connectivity index (χ1n) is 6.31. The molecule has 0 atom stereocenters. The van der Waals surface area contributed by atoms with Crippen molar-refractivity contribution in [3.8, 4) is 6.07 Å². The summed E-state index contributed by atoms with van der Waals surface area (Å²) in [6, 6.07) is 10.0. The number of amides is 2. The molecule has 0 bridgehead atoms. The van der Waals surface area contributed by atoms with Crippen molar-refractivity contribution in [3.63, 3.8) is 0 Å². The van der Waals surface area contributed by atoms with Crippen molar-refractivity contribution >= 4 is 23.6 Å². The van der Waals surface area contributed by atoms with E-state index in [4.69, 9.17) is 4.42 Å². The molecule has 0 fully saturated rings. The van der Waals surface area contributed by atoms with Gasteiger partial charge in [0.25, 0.3) is 0 Å². The first kappa shape index (κ1) is 15.1. The van der Waals surface area contributed by atoms with E-state index in [9.17, 15) is 14.9 Å². The van der Waals surface area contributed by atoms with Gasteiger partial charge in [-0.05, 0) is 19.1 Å². The molecule has 0 radical (unpaired) electrons. The number of aryl methyl sites for hydroxylation is 1. The number of methoxy groups -OCH3 is 1. The summed E-state index contributed by atoms with van der Waals surface area (Å²) in [5, 5.41) is 14.2. The number of carbonyl (C=O) groups excluding carboxylic acids is 2. The Hall–Kier alpha value is -3.27. The van der Waals surface area contributed by atoms with Crippen LogP contribution in [0.15, 0.2) is 34.7 Å². The molecule has 0 aliphatic heterocycles. The fourth-order valence-electron chi connectivity index (χ4n) is 1.87. The number of rotatable bonds is 3. The minimum atomic E-state index is -0.700. The maximum absolute atomic E-state index is 11.9. The van der Waals surface area contributed by atoms with Crippen molar-refractivity contribution in [1.29, 1.82) is 5.26 Å². The van der Waals surface area contributed by atoms with E-state index in [1.54, 1.807) is 24.3 Å². The predicted molar refractivity (Wildman–Crippen MR) is 78.6 cm³/mol. The van der Waals surface area contributed by atoms with E-state index < -0.39 is 12.0 Å². The maximum atomic E-state index is 11.9. The number of benzene rings is 1. The number of hydrogen-bond acceptors (Lipinski definition) is 5. The molecule has 7 nitrogen and oxygen atoms in total. The smallest absolute Gasteiger partial charge is 0.342 e. The van der Waals surface area contributed by atoms with E-state index in [1.165, 1.54) is 14.0 Å². The van der Waals surface area contributed by atoms with Gasteiger partial charge in [-0.25, -0.2) is 9.59 Å². The highest BCUT2D eigenvalue weighted by molar-refractivity contribution is 6.02. The van der Waals surface area contributed by atoms with E-state index >= 15 is 0 Å². The zero-order valence-electron chi connectivity index (χ0n) is 12.0. The quantitative estimate of drug-likeness (QED) is 0.848. The number of para-hydroxylation sites is 1. The minimum absolute atomic E-state index is 0.0000103. The number of furan rings is 1. The molecule has 2 amide bonds. The van der Waals surface area contributed by atoms with Gasteiger partial charge in [-0.1, -0.05) is 18.2 Å². The van der Waals surface area contributed by atoms with E-state index in [0.717, 1.165) is 0 Å². The summed E-state index contributed by atoms with van der Waals surface area (Å²) in [6.07, 6.45) is 0. The van der Waals surface area contributed by atoms with Crippen LogP contribution in [0.5, 0.6) is 0 Å². The van der Waals surface area contributed by atoms with E-state index in [-0.39, 0.29) is 22.8 Å². The third kappa shape index (κ3) is 3.07. The van der Waals surface area contributed by atoms with Gasteiger partial charge in [0.15, 0.2) is 0 Å². The van der Waals surface area contributed by atoms with Crippen molar-refractivity contribution in [2.75, 3.05) is 17.7 Å². The van der Waals surface area contributed by atoms with Crippen LogP contribution in [0.1, 0.15) is 21.7 Å². The lowest BCUT2D eigenvalue weighted by atomic mass is 10.1. The Morgan fingerprint density at radius 2 is 1.91 bits per heavy atom. The number of esters is 1. The standard InChI is InChI=1S/C15H13N3O4/c1-9-12(14(19)21-2)11(8-16)13(22-9)18-15(20)17-10-6-4-3-5-7-10/h3-7H,1-2H3,(H2,17,18,20). The van der Waals surface area contributed by atoms with Crippen molar-refractivity contribution in [2.45, 2.75) is 6.92 Å². The van der Waals surface area contributed by atoms with E-state index in [1.807, 2.05) is 12.1 Å². The molecular weight excluding hydrogens is 286 g/mol. The van der Waals surface area contributed by atoms with Crippen LogP contribution in [0.3, 0.4) is 0 Å². The van der Waals surface area contributed by atoms with Gasteiger partial charge < -0.3 is 14.5 Å². The number of carbonyl (C=O) groups is 2. The highest BCUT2D eigenvalue weighted by Crippen LogP contribution is 2.27. The monoisotopic (exact) mass is 299 g/mol. The molecule has 0 saturated carbocycles. The molecule has 0 aliphatic carbocycles. The Morgan fingerprint density at radius 1 is 1.23 bits per heavy atom. The number of urea groups is 1. The highest BCUT2D eigenvalue weighted by atomic mass is 16.5. The minimum Gasteiger partial charge on any atom is -0.465 e. The Balaban J connectivity index is 2.22. The van der Waals surface area contributed by atoms with Crippen molar-refractivity contribution in [2.24, 2.45) is 0 Å². The number of hydrogen-bond donors (Lipinski definition) is 2. The van der Waals surface area contributed by atoms with Crippen molar-refractivity contribution in [3.05, 3.63) is 47.2 Å². The Kier molecular flexibility index (Phi) is 4.44. The average molecular weight is 299 g/mol. The maximum Gasteiger partial charge on any atom is 0.342 e.